The number of ether oxygens (including phenoxy) is 1. The van der Waals surface area contributed by atoms with Crippen LogP contribution in [0, 0.1) is 0 Å². The van der Waals surface area contributed by atoms with Crippen molar-refractivity contribution in [1.29, 1.82) is 0 Å². The van der Waals surface area contributed by atoms with Crippen LogP contribution in [0.5, 0.6) is 5.75 Å². The average Bonchev–Trinajstić information content (AvgIpc) is 2.66. The molecule has 0 bridgehead atoms. The Morgan fingerprint density at radius 2 is 1.80 bits per heavy atom. The molecule has 12 heteroatoms. The SMILES string of the molecule is CCCNS(=O)(=O)c1ccc(OCC(=O)Nc2cc(C(F)(F)F)ccc2Cl)c(Cl)c1. The Kier molecular flexibility index (Phi) is 7.98. The molecule has 0 fully saturated rings. The zero-order valence-corrected chi connectivity index (χ0v) is 17.8. The highest BCUT2D eigenvalue weighted by atomic mass is 35.5. The average molecular weight is 485 g/mol. The van der Waals surface area contributed by atoms with Gasteiger partial charge in [0.2, 0.25) is 10.0 Å². The van der Waals surface area contributed by atoms with Gasteiger partial charge in [0.1, 0.15) is 5.75 Å². The maximum absolute atomic E-state index is 12.8. The summed E-state index contributed by atoms with van der Waals surface area (Å²) in [4.78, 5) is 12.0. The van der Waals surface area contributed by atoms with Crippen LogP contribution in [0.15, 0.2) is 41.3 Å². The Balaban J connectivity index is 2.05. The van der Waals surface area contributed by atoms with Crippen LogP contribution in [0.4, 0.5) is 18.9 Å². The van der Waals surface area contributed by atoms with Crippen molar-refractivity contribution in [3.63, 3.8) is 0 Å². The van der Waals surface area contributed by atoms with E-state index < -0.39 is 34.3 Å². The first-order valence-electron chi connectivity index (χ1n) is 8.52. The minimum Gasteiger partial charge on any atom is -0.482 e. The van der Waals surface area contributed by atoms with Gasteiger partial charge in [-0.2, -0.15) is 13.2 Å². The van der Waals surface area contributed by atoms with Crippen LogP contribution in [-0.2, 0) is 21.0 Å². The van der Waals surface area contributed by atoms with Crippen molar-refractivity contribution in [2.24, 2.45) is 0 Å². The van der Waals surface area contributed by atoms with Crippen LogP contribution < -0.4 is 14.8 Å². The number of carbonyl (C=O) groups is 1. The number of alkyl halides is 3. The van der Waals surface area contributed by atoms with Crippen LogP contribution in [-0.4, -0.2) is 27.5 Å². The fraction of sp³-hybridized carbons (Fsp3) is 0.278. The van der Waals surface area contributed by atoms with E-state index >= 15 is 0 Å². The predicted octanol–water partition coefficient (Wildman–Crippen LogP) is 4.72. The molecule has 0 heterocycles. The molecule has 0 aromatic heterocycles. The summed E-state index contributed by atoms with van der Waals surface area (Å²) in [5.41, 5.74) is -1.20. The van der Waals surface area contributed by atoms with Gasteiger partial charge in [0.25, 0.3) is 5.91 Å². The molecule has 0 aliphatic heterocycles. The largest absolute Gasteiger partial charge is 0.482 e. The molecule has 0 radical (unpaired) electrons. The van der Waals surface area contributed by atoms with E-state index in [1.807, 2.05) is 6.92 Å². The third kappa shape index (κ3) is 6.49. The quantitative estimate of drug-likeness (QED) is 0.567. The molecular formula is C18H17Cl2F3N2O4S. The molecule has 0 aliphatic rings. The molecule has 2 aromatic rings. The van der Waals surface area contributed by atoms with Gasteiger partial charge in [0.05, 0.1) is 26.2 Å². The number of nitrogens with one attached hydrogen (secondary N) is 2. The molecular weight excluding hydrogens is 468 g/mol. The predicted molar refractivity (Wildman–Crippen MR) is 108 cm³/mol. The molecule has 2 aromatic carbocycles. The van der Waals surface area contributed by atoms with Crippen LogP contribution in [0.2, 0.25) is 10.0 Å². The lowest BCUT2D eigenvalue weighted by molar-refractivity contribution is -0.137. The Morgan fingerprint density at radius 1 is 1.10 bits per heavy atom. The zero-order chi connectivity index (χ0) is 22.5. The van der Waals surface area contributed by atoms with Crippen LogP contribution in [0.25, 0.3) is 0 Å². The third-order valence-electron chi connectivity index (χ3n) is 3.68. The molecule has 0 saturated heterocycles. The van der Waals surface area contributed by atoms with E-state index in [9.17, 15) is 26.4 Å². The second-order valence-electron chi connectivity index (χ2n) is 6.02. The molecule has 0 saturated carbocycles. The lowest BCUT2D eigenvalue weighted by Crippen LogP contribution is -2.24. The van der Waals surface area contributed by atoms with E-state index in [2.05, 4.69) is 10.0 Å². The van der Waals surface area contributed by atoms with Gasteiger partial charge >= 0.3 is 6.18 Å². The smallest absolute Gasteiger partial charge is 0.416 e. The first kappa shape index (κ1) is 24.3. The zero-order valence-electron chi connectivity index (χ0n) is 15.5. The van der Waals surface area contributed by atoms with Crippen molar-refractivity contribution in [2.75, 3.05) is 18.5 Å². The number of anilines is 1. The Bertz CT molecular complexity index is 1030. The molecule has 0 aliphatic carbocycles. The Hall–Kier alpha value is -2.01. The van der Waals surface area contributed by atoms with Crippen molar-refractivity contribution in [1.82, 2.24) is 4.72 Å². The van der Waals surface area contributed by atoms with Crippen LogP contribution in [0.1, 0.15) is 18.9 Å². The van der Waals surface area contributed by atoms with E-state index in [-0.39, 0.29) is 32.9 Å². The molecule has 0 unspecified atom stereocenters. The summed E-state index contributed by atoms with van der Waals surface area (Å²) in [5.74, 6) is -0.759. The van der Waals surface area contributed by atoms with Gasteiger partial charge in [-0.1, -0.05) is 30.1 Å². The number of carbonyl (C=O) groups excluding carboxylic acids is 1. The van der Waals surface area contributed by atoms with Gasteiger partial charge in [-0.05, 0) is 42.8 Å². The van der Waals surface area contributed by atoms with E-state index in [4.69, 9.17) is 27.9 Å². The van der Waals surface area contributed by atoms with Gasteiger partial charge in [-0.15, -0.1) is 0 Å². The number of sulfonamides is 1. The number of benzene rings is 2. The highest BCUT2D eigenvalue weighted by molar-refractivity contribution is 7.89. The van der Waals surface area contributed by atoms with Gasteiger partial charge in [0, 0.05) is 6.54 Å². The summed E-state index contributed by atoms with van der Waals surface area (Å²) < 4.78 is 70.2. The first-order valence-corrected chi connectivity index (χ1v) is 10.8. The van der Waals surface area contributed by atoms with Crippen molar-refractivity contribution in [3.05, 3.63) is 52.0 Å². The van der Waals surface area contributed by atoms with E-state index in [0.717, 1.165) is 18.2 Å². The van der Waals surface area contributed by atoms with Gasteiger partial charge in [0.15, 0.2) is 6.61 Å². The number of rotatable bonds is 8. The Morgan fingerprint density at radius 3 is 2.40 bits per heavy atom. The maximum Gasteiger partial charge on any atom is 0.416 e. The first-order chi connectivity index (χ1) is 13.9. The summed E-state index contributed by atoms with van der Waals surface area (Å²) >= 11 is 11.8. The molecule has 0 spiro atoms. The monoisotopic (exact) mass is 484 g/mol. The molecule has 30 heavy (non-hydrogen) atoms. The molecule has 2 rings (SSSR count). The minimum absolute atomic E-state index is 0.0244. The molecule has 0 atom stereocenters. The van der Waals surface area contributed by atoms with Gasteiger partial charge < -0.3 is 10.1 Å². The second-order valence-corrected chi connectivity index (χ2v) is 8.60. The topological polar surface area (TPSA) is 84.5 Å². The Labute approximate surface area is 181 Å². The lowest BCUT2D eigenvalue weighted by atomic mass is 10.2. The van der Waals surface area contributed by atoms with Crippen molar-refractivity contribution in [2.45, 2.75) is 24.4 Å². The molecule has 1 amide bonds. The standard InChI is InChI=1S/C18H17Cl2F3N2O4S/c1-2-7-24-30(27,28)12-4-6-16(14(20)9-12)29-10-17(26)25-15-8-11(18(21,22)23)3-5-13(15)19/h3-6,8-9,24H,2,7,10H2,1H3,(H,25,26). The minimum atomic E-state index is -4.60. The highest BCUT2D eigenvalue weighted by Gasteiger charge is 2.31. The number of hydrogen-bond acceptors (Lipinski definition) is 4. The van der Waals surface area contributed by atoms with Gasteiger partial charge in [-0.25, -0.2) is 13.1 Å². The normalized spacial score (nSPS) is 11.9. The molecule has 2 N–H and O–H groups in total. The highest BCUT2D eigenvalue weighted by Crippen LogP contribution is 2.34. The molecule has 6 nitrogen and oxygen atoms in total. The van der Waals surface area contributed by atoms with E-state index in [0.29, 0.717) is 12.5 Å². The van der Waals surface area contributed by atoms with Crippen molar-refractivity contribution >= 4 is 44.8 Å². The fourth-order valence-corrected chi connectivity index (χ4v) is 3.84. The summed E-state index contributed by atoms with van der Waals surface area (Å²) in [5, 5.41) is 2.09. The summed E-state index contributed by atoms with van der Waals surface area (Å²) in [6, 6.07) is 6.20. The lowest BCUT2D eigenvalue weighted by Gasteiger charge is -2.13. The summed E-state index contributed by atoms with van der Waals surface area (Å²) in [6.45, 7) is 1.48. The van der Waals surface area contributed by atoms with Crippen LogP contribution in [0.3, 0.4) is 0 Å². The second kappa shape index (κ2) is 9.86. The van der Waals surface area contributed by atoms with Gasteiger partial charge in [-0.3, -0.25) is 4.79 Å². The van der Waals surface area contributed by atoms with Crippen molar-refractivity contribution in [3.8, 4) is 5.75 Å². The van der Waals surface area contributed by atoms with Crippen molar-refractivity contribution < 1.29 is 31.1 Å². The fourth-order valence-electron chi connectivity index (χ4n) is 2.21. The van der Waals surface area contributed by atoms with Crippen LogP contribution >= 0.6 is 23.2 Å². The number of amides is 1. The number of halogens is 5. The third-order valence-corrected chi connectivity index (χ3v) is 5.77. The number of hydrogen-bond donors (Lipinski definition) is 2. The summed E-state index contributed by atoms with van der Waals surface area (Å²) in [7, 11) is -3.73. The molecule has 164 valence electrons. The van der Waals surface area contributed by atoms with E-state index in [1.165, 1.54) is 12.1 Å². The summed E-state index contributed by atoms with van der Waals surface area (Å²) in [6.07, 6.45) is -3.98. The van der Waals surface area contributed by atoms with E-state index in [1.54, 1.807) is 0 Å². The maximum atomic E-state index is 12.8.